The average molecular weight is 1510 g/mol. The molecule has 0 spiro atoms. The van der Waals surface area contributed by atoms with Gasteiger partial charge in [-0.3, -0.25) is 24.9 Å². The Hall–Kier alpha value is -10.1. The van der Waals surface area contributed by atoms with Crippen LogP contribution >= 0.6 is 0 Å². The van der Waals surface area contributed by atoms with E-state index in [4.69, 9.17) is 0 Å². The Morgan fingerprint density at radius 3 is 0.866 bits per heavy atom. The van der Waals surface area contributed by atoms with E-state index < -0.39 is 0 Å². The zero-order chi connectivity index (χ0) is 86.4. The maximum atomic E-state index is 4.17. The minimum absolute atomic E-state index is 1.08. The molecule has 0 N–H and O–H groups in total. The van der Waals surface area contributed by atoms with E-state index in [9.17, 15) is 0 Å². The maximum Gasteiger partial charge on any atom is 0.0491 e. The van der Waals surface area contributed by atoms with Crippen molar-refractivity contribution in [2.24, 2.45) is 14.1 Å². The SMILES string of the molecule is CC.CC.CC.CC.CC.CC.CC.CC.CC.CC.CC.Cc1cc2c3ccccc3c(C)cc2c2ccccc12.Cc1ccc(C)nc1.Cc1ccc(C)nc1.Cc1ccc2c(c1)c1ccccc1n2C.Cc1ccc2c3ccccc3n(C)c2c1.Cc1cccc(C)n1.Cc1ccnc(C)c1.Cc1cncc(C)c1. The first-order chi connectivity index (χ1) is 54.2. The van der Waals surface area contributed by atoms with Gasteiger partial charge in [-0.1, -0.05) is 297 Å². The molecule has 0 aliphatic heterocycles. The molecule has 7 heteroatoms. The first-order valence-electron chi connectivity index (χ1n) is 41.9. The van der Waals surface area contributed by atoms with Gasteiger partial charge >= 0.3 is 0 Å². The van der Waals surface area contributed by atoms with Gasteiger partial charge in [0.05, 0.1) is 0 Å². The van der Waals surface area contributed by atoms with E-state index >= 15 is 0 Å². The van der Waals surface area contributed by atoms with Crippen LogP contribution in [0.1, 0.15) is 231 Å². The predicted molar refractivity (Wildman–Crippen MR) is 512 cm³/mol. The van der Waals surface area contributed by atoms with Gasteiger partial charge in [0.2, 0.25) is 0 Å². The van der Waals surface area contributed by atoms with E-state index in [1.54, 1.807) is 0 Å². The number of pyridine rings is 5. The van der Waals surface area contributed by atoms with Crippen molar-refractivity contribution in [3.63, 3.8) is 0 Å². The molecule has 0 saturated carbocycles. The Morgan fingerprint density at radius 2 is 0.527 bits per heavy atom. The second-order valence-electron chi connectivity index (χ2n) is 23.7. The first kappa shape index (κ1) is 108. The van der Waals surface area contributed by atoms with Crippen molar-refractivity contribution < 1.29 is 0 Å². The normalized spacial score (nSPS) is 8.98. The first-order valence-corrected chi connectivity index (χ1v) is 41.9. The van der Waals surface area contributed by atoms with Crippen molar-refractivity contribution in [3.05, 3.63) is 316 Å². The summed E-state index contributed by atoms with van der Waals surface area (Å²) >= 11 is 0. The summed E-state index contributed by atoms with van der Waals surface area (Å²) in [5.41, 5.74) is 22.1. The standard InChI is InChI=1S/C20H16.2C14H13N.5C7H9N.11C2H6/c1-13-11-19-18-10-6-4-8-16(18)14(2)12-20(19)17-9-5-3-7-15(13)17;1-10-7-8-14-12(9-10)11-5-3-4-6-13(11)15(14)2;1-10-7-8-12-11-5-3-4-6-13(11)15(2)14(12)9-10;1-6-3-7(2)5-8-4-6;1-6-3-4-8-7(2)5-6;2*1-6-3-4-7(2)8-5-6;1-6-4-3-5-7(2)8-6;11*1-2/h3-12H,1-2H3;2*3-9H,1-2H3;5*3-5H,1-2H3;11*1-2H3. The van der Waals surface area contributed by atoms with Gasteiger partial charge in [0.25, 0.3) is 0 Å². The Morgan fingerprint density at radius 1 is 0.196 bits per heavy atom. The highest BCUT2D eigenvalue weighted by molar-refractivity contribution is 6.19. The lowest BCUT2D eigenvalue weighted by Crippen LogP contribution is -1.86. The van der Waals surface area contributed by atoms with Gasteiger partial charge in [0.1, 0.15) is 0 Å². The zero-order valence-electron chi connectivity index (χ0n) is 77.6. The number of benzene rings is 8. The number of aromatic nitrogens is 7. The van der Waals surface area contributed by atoms with Crippen LogP contribution in [0.3, 0.4) is 0 Å². The molecule has 0 radical (unpaired) electrons. The maximum absolute atomic E-state index is 4.17. The van der Waals surface area contributed by atoms with Crippen molar-refractivity contribution in [2.75, 3.05) is 0 Å². The van der Waals surface area contributed by atoms with Crippen LogP contribution in [0, 0.1) is 96.9 Å². The summed E-state index contributed by atoms with van der Waals surface area (Å²) in [6.45, 7) is 72.9. The van der Waals surface area contributed by atoms with Crippen LogP contribution in [0.2, 0.25) is 0 Å². The number of hydrogen-bond acceptors (Lipinski definition) is 5. The molecule has 8 aromatic carbocycles. The monoisotopic (exact) mass is 1510 g/mol. The summed E-state index contributed by atoms with van der Waals surface area (Å²) in [5.74, 6) is 0. The Balaban J connectivity index is -0.000000586. The Labute approximate surface area is 685 Å². The molecule has 15 rings (SSSR count). The number of nitrogens with zero attached hydrogens (tertiary/aromatic N) is 7. The topological polar surface area (TPSA) is 74.3 Å². The summed E-state index contributed by atoms with van der Waals surface area (Å²) in [6.07, 6.45) is 9.27. The molecule has 0 unspecified atom stereocenters. The van der Waals surface area contributed by atoms with E-state index in [0.29, 0.717) is 0 Å². The molecule has 7 aromatic heterocycles. The van der Waals surface area contributed by atoms with Gasteiger partial charge in [0.15, 0.2) is 0 Å². The van der Waals surface area contributed by atoms with Crippen LogP contribution in [0.15, 0.2) is 237 Å². The summed E-state index contributed by atoms with van der Waals surface area (Å²) in [6, 6.07) is 72.7. The Kier molecular flexibility index (Phi) is 63.4. The van der Waals surface area contributed by atoms with Gasteiger partial charge in [-0.2, -0.15) is 0 Å². The van der Waals surface area contributed by atoms with Crippen molar-refractivity contribution in [3.8, 4) is 0 Å². The van der Waals surface area contributed by atoms with E-state index in [0.717, 1.165) is 28.5 Å². The van der Waals surface area contributed by atoms with E-state index in [-0.39, 0.29) is 0 Å². The number of para-hydroxylation sites is 2. The van der Waals surface area contributed by atoms with Gasteiger partial charge in [-0.05, 0) is 240 Å². The van der Waals surface area contributed by atoms with Gasteiger partial charge < -0.3 is 9.13 Å². The lowest BCUT2D eigenvalue weighted by atomic mass is 9.92. The second-order valence-corrected chi connectivity index (χ2v) is 23.7. The van der Waals surface area contributed by atoms with E-state index in [1.807, 2.05) is 282 Å². The molecule has 0 amide bonds. The molecule has 7 nitrogen and oxygen atoms in total. The van der Waals surface area contributed by atoms with Crippen LogP contribution in [0.25, 0.3) is 75.9 Å². The summed E-state index contributed by atoms with van der Waals surface area (Å²) in [4.78, 5) is 20.4. The third-order valence-corrected chi connectivity index (χ3v) is 15.6. The molecule has 112 heavy (non-hydrogen) atoms. The van der Waals surface area contributed by atoms with Gasteiger partial charge in [-0.15, -0.1) is 0 Å². The lowest BCUT2D eigenvalue weighted by Gasteiger charge is -2.12. The Bertz CT molecular complexity index is 4510. The molecular formula is C105H153N7. The molecule has 0 bridgehead atoms. The highest BCUT2D eigenvalue weighted by Gasteiger charge is 2.10. The average Bonchev–Trinajstić information content (AvgIpc) is 1.22. The number of rotatable bonds is 0. The van der Waals surface area contributed by atoms with Crippen molar-refractivity contribution in [1.82, 2.24) is 34.1 Å². The summed E-state index contributed by atoms with van der Waals surface area (Å²) < 4.78 is 4.52. The molecule has 0 atom stereocenters. The molecule has 15 aromatic rings. The summed E-state index contributed by atoms with van der Waals surface area (Å²) in [7, 11) is 4.25. The molecule has 7 heterocycles. The second kappa shape index (κ2) is 65.6. The minimum atomic E-state index is 1.08. The van der Waals surface area contributed by atoms with Gasteiger partial charge in [-0.25, -0.2) is 0 Å². The van der Waals surface area contributed by atoms with Crippen molar-refractivity contribution in [1.29, 1.82) is 0 Å². The minimum Gasteiger partial charge on any atom is -0.344 e. The fourth-order valence-corrected chi connectivity index (χ4v) is 11.0. The third kappa shape index (κ3) is 37.3. The molecule has 608 valence electrons. The molecule has 0 aliphatic carbocycles. The quantitative estimate of drug-likeness (QED) is 0.141. The van der Waals surface area contributed by atoms with Crippen LogP contribution in [-0.2, 0) is 14.1 Å². The van der Waals surface area contributed by atoms with Gasteiger partial charge in [0, 0.05) is 117 Å². The van der Waals surface area contributed by atoms with Crippen LogP contribution in [-0.4, -0.2) is 34.1 Å². The fraction of sp³-hybridized carbons (Fsp3) is 0.362. The largest absolute Gasteiger partial charge is 0.344 e. The highest BCUT2D eigenvalue weighted by atomic mass is 14.9. The van der Waals surface area contributed by atoms with Crippen LogP contribution in [0.4, 0.5) is 0 Å². The molecule has 0 saturated heterocycles. The number of aryl methyl sites for hydroxylation is 16. The van der Waals surface area contributed by atoms with Crippen LogP contribution in [0.5, 0.6) is 0 Å². The molecule has 0 aliphatic rings. The van der Waals surface area contributed by atoms with E-state index in [1.165, 1.54) is 126 Å². The van der Waals surface area contributed by atoms with Crippen molar-refractivity contribution >= 4 is 75.9 Å². The molecule has 0 fully saturated rings. The smallest absolute Gasteiger partial charge is 0.0491 e. The fourth-order valence-electron chi connectivity index (χ4n) is 11.0. The highest BCUT2D eigenvalue weighted by Crippen LogP contribution is 2.35. The lowest BCUT2D eigenvalue weighted by molar-refractivity contribution is 1.01. The summed E-state index contributed by atoms with van der Waals surface area (Å²) in [5, 5.41) is 13.5. The molecular weight excluding hydrogens is 1360 g/mol. The predicted octanol–water partition coefficient (Wildman–Crippen LogP) is 32.8. The van der Waals surface area contributed by atoms with E-state index in [2.05, 4.69) is 253 Å². The third-order valence-electron chi connectivity index (χ3n) is 15.6. The van der Waals surface area contributed by atoms with Crippen molar-refractivity contribution in [2.45, 2.75) is 249 Å². The number of fused-ring (bicyclic) bond motifs is 11. The number of hydrogen-bond donors (Lipinski definition) is 0. The van der Waals surface area contributed by atoms with Crippen LogP contribution < -0.4 is 0 Å². The zero-order valence-corrected chi connectivity index (χ0v) is 77.6.